The Bertz CT molecular complexity index is 753. The van der Waals surface area contributed by atoms with Crippen LogP contribution in [0.5, 0.6) is 5.75 Å². The average molecular weight is 378 g/mol. The monoisotopic (exact) mass is 377 g/mol. The highest BCUT2D eigenvalue weighted by atomic mass is 35.5. The minimum absolute atomic E-state index is 0.0270. The first-order chi connectivity index (χ1) is 12.0. The van der Waals surface area contributed by atoms with E-state index >= 15 is 0 Å². The van der Waals surface area contributed by atoms with Crippen LogP contribution >= 0.6 is 23.2 Å². The van der Waals surface area contributed by atoms with Crippen LogP contribution in [-0.4, -0.2) is 19.6 Å². The second kappa shape index (κ2) is 7.67. The van der Waals surface area contributed by atoms with Gasteiger partial charge in [-0.3, -0.25) is 4.79 Å². The molecule has 0 bridgehead atoms. The number of amides is 1. The second-order valence-corrected chi connectivity index (χ2v) is 7.37. The fourth-order valence-corrected chi connectivity index (χ4v) is 4.08. The van der Waals surface area contributed by atoms with Crippen LogP contribution in [0.4, 0.5) is 0 Å². The van der Waals surface area contributed by atoms with Crippen molar-refractivity contribution in [1.29, 1.82) is 0 Å². The molecule has 132 valence electrons. The molecule has 1 aliphatic rings. The first kappa shape index (κ1) is 18.1. The predicted molar refractivity (Wildman–Crippen MR) is 102 cm³/mol. The Labute approximate surface area is 158 Å². The number of benzene rings is 2. The van der Waals surface area contributed by atoms with Crippen molar-refractivity contribution in [2.45, 2.75) is 31.1 Å². The number of carbonyl (C=O) groups excluding carboxylic acids is 1. The van der Waals surface area contributed by atoms with E-state index in [0.717, 1.165) is 18.6 Å². The molecule has 0 spiro atoms. The van der Waals surface area contributed by atoms with E-state index in [4.69, 9.17) is 27.9 Å². The molecule has 0 saturated heterocycles. The quantitative estimate of drug-likeness (QED) is 0.772. The van der Waals surface area contributed by atoms with E-state index in [1.54, 1.807) is 25.3 Å². The van der Waals surface area contributed by atoms with Crippen LogP contribution in [0.1, 0.15) is 41.6 Å². The molecule has 3 rings (SSSR count). The van der Waals surface area contributed by atoms with Crippen LogP contribution < -0.4 is 10.1 Å². The summed E-state index contributed by atoms with van der Waals surface area (Å²) in [4.78, 5) is 12.5. The summed E-state index contributed by atoms with van der Waals surface area (Å²) >= 11 is 12.0. The number of hydrogen-bond acceptors (Lipinski definition) is 2. The Kier molecular flexibility index (Phi) is 5.55. The van der Waals surface area contributed by atoms with Crippen molar-refractivity contribution in [2.75, 3.05) is 13.7 Å². The van der Waals surface area contributed by atoms with E-state index in [9.17, 15) is 4.79 Å². The minimum Gasteiger partial charge on any atom is -0.497 e. The second-order valence-electron chi connectivity index (χ2n) is 6.52. The van der Waals surface area contributed by atoms with Crippen molar-refractivity contribution < 1.29 is 9.53 Å². The lowest BCUT2D eigenvalue weighted by atomic mass is 9.78. The normalized spacial score (nSPS) is 15.8. The van der Waals surface area contributed by atoms with E-state index in [2.05, 4.69) is 17.4 Å². The van der Waals surface area contributed by atoms with E-state index in [-0.39, 0.29) is 11.3 Å². The zero-order valence-corrected chi connectivity index (χ0v) is 15.7. The van der Waals surface area contributed by atoms with Crippen LogP contribution in [0, 0.1) is 0 Å². The van der Waals surface area contributed by atoms with Gasteiger partial charge in [-0.2, -0.15) is 0 Å². The van der Waals surface area contributed by atoms with Crippen molar-refractivity contribution >= 4 is 29.1 Å². The molecule has 0 unspecified atom stereocenters. The van der Waals surface area contributed by atoms with Crippen LogP contribution in [0.25, 0.3) is 0 Å². The van der Waals surface area contributed by atoms with Crippen molar-refractivity contribution in [3.05, 3.63) is 63.6 Å². The van der Waals surface area contributed by atoms with Gasteiger partial charge in [-0.05, 0) is 48.7 Å². The van der Waals surface area contributed by atoms with Gasteiger partial charge < -0.3 is 10.1 Å². The molecule has 1 amide bonds. The molecular formula is C20H21Cl2NO2. The van der Waals surface area contributed by atoms with Gasteiger partial charge in [0.25, 0.3) is 5.91 Å². The summed E-state index contributed by atoms with van der Waals surface area (Å²) in [5.74, 6) is 0.676. The molecule has 0 aliphatic heterocycles. The topological polar surface area (TPSA) is 38.3 Å². The molecule has 0 radical (unpaired) electrons. The number of halogens is 2. The van der Waals surface area contributed by atoms with Gasteiger partial charge >= 0.3 is 0 Å². The van der Waals surface area contributed by atoms with E-state index in [0.29, 0.717) is 22.2 Å². The van der Waals surface area contributed by atoms with Crippen molar-refractivity contribution in [3.8, 4) is 5.75 Å². The molecular weight excluding hydrogens is 357 g/mol. The Hall–Kier alpha value is -1.71. The maximum absolute atomic E-state index is 12.5. The first-order valence-electron chi connectivity index (χ1n) is 8.42. The molecule has 5 heteroatoms. The number of nitrogens with one attached hydrogen (secondary N) is 1. The van der Waals surface area contributed by atoms with E-state index in [1.807, 2.05) is 12.1 Å². The molecule has 1 saturated carbocycles. The number of methoxy groups -OCH3 is 1. The van der Waals surface area contributed by atoms with E-state index < -0.39 is 0 Å². The van der Waals surface area contributed by atoms with Crippen LogP contribution in [0.3, 0.4) is 0 Å². The molecule has 3 nitrogen and oxygen atoms in total. The van der Waals surface area contributed by atoms with Gasteiger partial charge in [0.2, 0.25) is 0 Å². The van der Waals surface area contributed by atoms with E-state index in [1.165, 1.54) is 18.4 Å². The lowest BCUT2D eigenvalue weighted by Crippen LogP contribution is -2.39. The summed E-state index contributed by atoms with van der Waals surface area (Å²) < 4.78 is 5.25. The fourth-order valence-electron chi connectivity index (χ4n) is 3.58. The van der Waals surface area contributed by atoms with Crippen molar-refractivity contribution in [2.24, 2.45) is 0 Å². The standard InChI is InChI=1S/C20H21Cl2NO2/c1-25-16-7-4-14(5-8-16)20(10-2-3-11-20)13-23-19(24)17-9-6-15(21)12-18(17)22/h4-9,12H,2-3,10-11,13H2,1H3,(H,23,24). The molecule has 0 heterocycles. The highest BCUT2D eigenvalue weighted by Gasteiger charge is 2.36. The van der Waals surface area contributed by atoms with Crippen molar-refractivity contribution in [1.82, 2.24) is 5.32 Å². The Balaban J connectivity index is 1.76. The zero-order valence-electron chi connectivity index (χ0n) is 14.1. The first-order valence-corrected chi connectivity index (χ1v) is 9.17. The SMILES string of the molecule is COc1ccc(C2(CNC(=O)c3ccc(Cl)cc3Cl)CCCC2)cc1. The van der Waals surface area contributed by atoms with Crippen LogP contribution in [0.2, 0.25) is 10.0 Å². The Morgan fingerprint density at radius 1 is 1.12 bits per heavy atom. The van der Waals surface area contributed by atoms with Gasteiger partial charge in [0.05, 0.1) is 17.7 Å². The number of rotatable bonds is 5. The van der Waals surface area contributed by atoms with Crippen molar-refractivity contribution in [3.63, 3.8) is 0 Å². The Morgan fingerprint density at radius 2 is 1.80 bits per heavy atom. The average Bonchev–Trinajstić information content (AvgIpc) is 3.10. The fraction of sp³-hybridized carbons (Fsp3) is 0.350. The smallest absolute Gasteiger partial charge is 0.252 e. The van der Waals surface area contributed by atoms with Gasteiger partial charge in [0.1, 0.15) is 5.75 Å². The summed E-state index contributed by atoms with van der Waals surface area (Å²) in [6, 6.07) is 13.1. The van der Waals surface area contributed by atoms with Crippen LogP contribution in [0.15, 0.2) is 42.5 Å². The van der Waals surface area contributed by atoms with Crippen LogP contribution in [-0.2, 0) is 5.41 Å². The third kappa shape index (κ3) is 3.94. The summed E-state index contributed by atoms with van der Waals surface area (Å²) in [5.41, 5.74) is 1.67. The molecule has 25 heavy (non-hydrogen) atoms. The highest BCUT2D eigenvalue weighted by molar-refractivity contribution is 6.36. The molecule has 2 aromatic rings. The summed E-state index contributed by atoms with van der Waals surface area (Å²) in [5, 5.41) is 3.96. The summed E-state index contributed by atoms with van der Waals surface area (Å²) in [6.45, 7) is 0.594. The molecule has 1 fully saturated rings. The maximum Gasteiger partial charge on any atom is 0.252 e. The molecule has 1 aliphatic carbocycles. The third-order valence-electron chi connectivity index (χ3n) is 5.03. The third-order valence-corrected chi connectivity index (χ3v) is 5.57. The summed E-state index contributed by atoms with van der Waals surface area (Å²) in [6.07, 6.45) is 4.47. The van der Waals surface area contributed by atoms with Gasteiger partial charge in [0, 0.05) is 17.0 Å². The number of hydrogen-bond donors (Lipinski definition) is 1. The number of ether oxygens (including phenoxy) is 1. The molecule has 1 N–H and O–H groups in total. The zero-order chi connectivity index (χ0) is 17.9. The summed E-state index contributed by atoms with van der Waals surface area (Å²) in [7, 11) is 1.66. The van der Waals surface area contributed by atoms with Gasteiger partial charge in [-0.25, -0.2) is 0 Å². The number of carbonyl (C=O) groups is 1. The van der Waals surface area contributed by atoms with Gasteiger partial charge in [-0.1, -0.05) is 48.2 Å². The largest absolute Gasteiger partial charge is 0.497 e. The predicted octanol–water partition coefficient (Wildman–Crippen LogP) is 5.24. The Morgan fingerprint density at radius 3 is 2.40 bits per heavy atom. The highest BCUT2D eigenvalue weighted by Crippen LogP contribution is 2.41. The lowest BCUT2D eigenvalue weighted by Gasteiger charge is -2.30. The van der Waals surface area contributed by atoms with Gasteiger partial charge in [0.15, 0.2) is 0 Å². The minimum atomic E-state index is -0.165. The molecule has 0 atom stereocenters. The maximum atomic E-state index is 12.5. The van der Waals surface area contributed by atoms with Gasteiger partial charge in [-0.15, -0.1) is 0 Å². The molecule has 0 aromatic heterocycles. The molecule has 2 aromatic carbocycles. The lowest BCUT2D eigenvalue weighted by molar-refractivity contribution is 0.0943.